The fraction of sp³-hybridized carbons (Fsp3) is 0.409. The molecule has 1 atom stereocenters. The molecule has 2 amide bonds. The summed E-state index contributed by atoms with van der Waals surface area (Å²) in [7, 11) is 0. The molecule has 7 nitrogen and oxygen atoms in total. The van der Waals surface area contributed by atoms with Gasteiger partial charge in [0.1, 0.15) is 16.4 Å². The molecule has 0 aliphatic heterocycles. The van der Waals surface area contributed by atoms with Crippen LogP contribution >= 0.6 is 11.3 Å². The highest BCUT2D eigenvalue weighted by Gasteiger charge is 2.17. The average Bonchev–Trinajstić information content (AvgIpc) is 3.14. The van der Waals surface area contributed by atoms with Crippen LogP contribution in [0.4, 0.5) is 4.79 Å². The van der Waals surface area contributed by atoms with E-state index in [0.29, 0.717) is 16.7 Å². The molecule has 2 N–H and O–H groups in total. The lowest BCUT2D eigenvalue weighted by Gasteiger charge is -2.22. The number of hydrogen-bond acceptors (Lipinski definition) is 6. The van der Waals surface area contributed by atoms with Gasteiger partial charge in [0.05, 0.1) is 12.2 Å². The Balaban J connectivity index is 1.55. The molecule has 0 spiro atoms. The zero-order valence-electron chi connectivity index (χ0n) is 17.1. The third kappa shape index (κ3) is 7.08. The first kappa shape index (κ1) is 21.7. The van der Waals surface area contributed by atoms with Crippen LogP contribution in [-0.4, -0.2) is 29.1 Å². The summed E-state index contributed by atoms with van der Waals surface area (Å²) in [4.78, 5) is 28.1. The highest BCUT2D eigenvalue weighted by Crippen LogP contribution is 2.28. The van der Waals surface area contributed by atoms with Crippen LogP contribution in [0.3, 0.4) is 0 Å². The molecule has 2 aromatic rings. The van der Waals surface area contributed by atoms with Crippen LogP contribution in [0.15, 0.2) is 30.5 Å². The number of rotatable bonds is 5. The highest BCUT2D eigenvalue weighted by atomic mass is 32.1. The van der Waals surface area contributed by atoms with Gasteiger partial charge in [0.15, 0.2) is 0 Å². The van der Waals surface area contributed by atoms with Crippen molar-refractivity contribution in [2.45, 2.75) is 58.0 Å². The lowest BCUT2D eigenvalue weighted by atomic mass is 9.96. The maximum absolute atomic E-state index is 12.1. The molecule has 30 heavy (non-hydrogen) atoms. The van der Waals surface area contributed by atoms with Gasteiger partial charge in [-0.15, -0.1) is 0 Å². The van der Waals surface area contributed by atoms with Crippen LogP contribution < -0.4 is 20.1 Å². The van der Waals surface area contributed by atoms with Crippen molar-refractivity contribution in [3.63, 3.8) is 0 Å². The molecule has 1 heterocycles. The summed E-state index contributed by atoms with van der Waals surface area (Å²) in [6.45, 7) is 3.26. The Kier molecular flexibility index (Phi) is 7.69. The second kappa shape index (κ2) is 10.6. The van der Waals surface area contributed by atoms with Crippen LogP contribution in [0.1, 0.15) is 50.8 Å². The van der Waals surface area contributed by atoms with E-state index in [4.69, 9.17) is 9.47 Å². The molecule has 0 radical (unpaired) electrons. The quantitative estimate of drug-likeness (QED) is 0.697. The summed E-state index contributed by atoms with van der Waals surface area (Å²) < 4.78 is 11.2. The molecule has 1 unspecified atom stereocenters. The van der Waals surface area contributed by atoms with E-state index in [-0.39, 0.29) is 18.0 Å². The molecule has 1 aliphatic rings. The molecule has 0 saturated heterocycles. The number of nitrogens with one attached hydrogen (secondary N) is 2. The third-order valence-corrected chi connectivity index (χ3v) is 5.26. The highest BCUT2D eigenvalue weighted by molar-refractivity contribution is 7.13. The van der Waals surface area contributed by atoms with Gasteiger partial charge in [-0.3, -0.25) is 4.79 Å². The molecule has 0 bridgehead atoms. The fourth-order valence-electron chi connectivity index (χ4n) is 3.14. The van der Waals surface area contributed by atoms with Gasteiger partial charge in [0.2, 0.25) is 5.91 Å². The number of nitrogens with zero attached hydrogens (tertiary/aromatic N) is 1. The maximum Gasteiger partial charge on any atom is 0.412 e. The standard InChI is InChI=1S/C22H25N3O4S/c1-15(24-16(2)26)11-12-20-14-23-22(30-20)29-19-10-6-9-18(13-19)28-21(27)25-17-7-4-3-5-8-17/h6,9-10,13-15,17H,3-5,7-8H2,1-2H3,(H,24,26)(H,25,27). The van der Waals surface area contributed by atoms with Crippen LogP contribution in [0, 0.1) is 11.8 Å². The zero-order valence-corrected chi connectivity index (χ0v) is 17.9. The Morgan fingerprint density at radius 3 is 2.77 bits per heavy atom. The van der Waals surface area contributed by atoms with E-state index in [0.717, 1.165) is 30.6 Å². The van der Waals surface area contributed by atoms with Crippen molar-refractivity contribution >= 4 is 23.3 Å². The lowest BCUT2D eigenvalue weighted by Crippen LogP contribution is -2.37. The van der Waals surface area contributed by atoms with E-state index in [1.165, 1.54) is 24.7 Å². The van der Waals surface area contributed by atoms with Crippen molar-refractivity contribution in [3.8, 4) is 28.5 Å². The van der Waals surface area contributed by atoms with Gasteiger partial charge in [-0.2, -0.15) is 0 Å². The summed E-state index contributed by atoms with van der Waals surface area (Å²) in [6.07, 6.45) is 6.67. The van der Waals surface area contributed by atoms with Crippen molar-refractivity contribution in [3.05, 3.63) is 35.3 Å². The first-order valence-corrected chi connectivity index (χ1v) is 10.8. The van der Waals surface area contributed by atoms with Crippen molar-refractivity contribution < 1.29 is 19.1 Å². The van der Waals surface area contributed by atoms with E-state index in [1.54, 1.807) is 30.5 Å². The van der Waals surface area contributed by atoms with E-state index in [1.807, 2.05) is 6.92 Å². The number of ether oxygens (including phenoxy) is 2. The van der Waals surface area contributed by atoms with Crippen LogP contribution in [-0.2, 0) is 4.79 Å². The van der Waals surface area contributed by atoms with Crippen LogP contribution in [0.5, 0.6) is 16.7 Å². The molecule has 158 valence electrons. The number of aromatic nitrogens is 1. The zero-order chi connectivity index (χ0) is 21.3. The molecular formula is C22H25N3O4S. The van der Waals surface area contributed by atoms with Gasteiger partial charge < -0.3 is 20.1 Å². The predicted octanol–water partition coefficient (Wildman–Crippen LogP) is 4.23. The topological polar surface area (TPSA) is 89.6 Å². The van der Waals surface area contributed by atoms with Gasteiger partial charge >= 0.3 is 6.09 Å². The average molecular weight is 428 g/mol. The molecule has 8 heteroatoms. The molecule has 3 rings (SSSR count). The normalized spacial score (nSPS) is 14.7. The second-order valence-electron chi connectivity index (χ2n) is 7.13. The maximum atomic E-state index is 12.1. The smallest absolute Gasteiger partial charge is 0.412 e. The minimum absolute atomic E-state index is 0.125. The molecule has 1 aromatic heterocycles. The summed E-state index contributed by atoms with van der Waals surface area (Å²) >= 11 is 1.29. The number of carbonyl (C=O) groups is 2. The van der Waals surface area contributed by atoms with E-state index in [9.17, 15) is 9.59 Å². The van der Waals surface area contributed by atoms with Crippen molar-refractivity contribution in [2.24, 2.45) is 0 Å². The SMILES string of the molecule is CC(=O)NC(C)C#Cc1cnc(Oc2cccc(OC(=O)NC3CCCCC3)c2)s1. The van der Waals surface area contributed by atoms with Crippen molar-refractivity contribution in [1.82, 2.24) is 15.6 Å². The summed E-state index contributed by atoms with van der Waals surface area (Å²) in [5, 5.41) is 6.05. The monoisotopic (exact) mass is 427 g/mol. The van der Waals surface area contributed by atoms with Gasteiger partial charge in [-0.1, -0.05) is 48.5 Å². The Morgan fingerprint density at radius 2 is 2.00 bits per heavy atom. The Morgan fingerprint density at radius 1 is 1.23 bits per heavy atom. The Labute approximate surface area is 180 Å². The number of thiazole rings is 1. The van der Waals surface area contributed by atoms with Crippen LogP contribution in [0.2, 0.25) is 0 Å². The lowest BCUT2D eigenvalue weighted by molar-refractivity contribution is -0.119. The van der Waals surface area contributed by atoms with Gasteiger partial charge in [0, 0.05) is 19.0 Å². The summed E-state index contributed by atoms with van der Waals surface area (Å²) in [5.74, 6) is 6.70. The number of benzene rings is 1. The van der Waals surface area contributed by atoms with Crippen molar-refractivity contribution in [2.75, 3.05) is 0 Å². The van der Waals surface area contributed by atoms with Gasteiger partial charge in [-0.05, 0) is 31.9 Å². The summed E-state index contributed by atoms with van der Waals surface area (Å²) in [6, 6.07) is 6.80. The first-order valence-electron chi connectivity index (χ1n) is 9.98. The molecule has 1 saturated carbocycles. The number of carbonyl (C=O) groups excluding carboxylic acids is 2. The van der Waals surface area contributed by atoms with Crippen molar-refractivity contribution in [1.29, 1.82) is 0 Å². The molecular weight excluding hydrogens is 402 g/mol. The van der Waals surface area contributed by atoms with Gasteiger partial charge in [-0.25, -0.2) is 9.78 Å². The second-order valence-corrected chi connectivity index (χ2v) is 8.12. The minimum Gasteiger partial charge on any atom is -0.431 e. The molecule has 1 fully saturated rings. The first-order chi connectivity index (χ1) is 14.5. The number of amides is 2. The third-order valence-electron chi connectivity index (χ3n) is 4.46. The predicted molar refractivity (Wildman–Crippen MR) is 115 cm³/mol. The fourth-order valence-corrected chi connectivity index (χ4v) is 3.78. The minimum atomic E-state index is -0.445. The van der Waals surface area contributed by atoms with E-state index in [2.05, 4.69) is 27.5 Å². The van der Waals surface area contributed by atoms with Crippen LogP contribution in [0.25, 0.3) is 0 Å². The molecule has 1 aromatic carbocycles. The van der Waals surface area contributed by atoms with E-state index >= 15 is 0 Å². The Bertz CT molecular complexity index is 941. The Hall–Kier alpha value is -3.05. The number of hydrogen-bond donors (Lipinski definition) is 2. The largest absolute Gasteiger partial charge is 0.431 e. The van der Waals surface area contributed by atoms with E-state index < -0.39 is 6.09 Å². The van der Waals surface area contributed by atoms with Gasteiger partial charge in [0.25, 0.3) is 5.19 Å². The summed E-state index contributed by atoms with van der Waals surface area (Å²) in [5.41, 5.74) is 0. The molecule has 1 aliphatic carbocycles.